The van der Waals surface area contributed by atoms with Gasteiger partial charge in [-0.2, -0.15) is 0 Å². The third-order valence-electron chi connectivity index (χ3n) is 4.48. The summed E-state index contributed by atoms with van der Waals surface area (Å²) < 4.78 is 32.7. The summed E-state index contributed by atoms with van der Waals surface area (Å²) in [5.41, 5.74) is 0.560. The van der Waals surface area contributed by atoms with Crippen LogP contribution in [0.25, 0.3) is 0 Å². The van der Waals surface area contributed by atoms with Gasteiger partial charge in [-0.3, -0.25) is 9.10 Å². The van der Waals surface area contributed by atoms with E-state index >= 15 is 0 Å². The van der Waals surface area contributed by atoms with Gasteiger partial charge in [0.25, 0.3) is 10.0 Å². The van der Waals surface area contributed by atoms with Gasteiger partial charge in [0, 0.05) is 10.0 Å². The van der Waals surface area contributed by atoms with Gasteiger partial charge in [-0.1, -0.05) is 41.4 Å². The Morgan fingerprint density at radius 3 is 2.30 bits per heavy atom. The summed E-state index contributed by atoms with van der Waals surface area (Å²) in [6.07, 6.45) is 0. The monoisotopic (exact) mass is 506 g/mol. The third kappa shape index (κ3) is 6.04. The summed E-state index contributed by atoms with van der Waals surface area (Å²) in [5.74, 6) is -1.27. The lowest BCUT2D eigenvalue weighted by molar-refractivity contribution is -0.114. The number of rotatable bonds is 8. The minimum absolute atomic E-state index is 0.0494. The van der Waals surface area contributed by atoms with E-state index < -0.39 is 28.4 Å². The fraction of sp³-hybridized carbons (Fsp3) is 0.130. The number of para-hydroxylation sites is 1. The van der Waals surface area contributed by atoms with Gasteiger partial charge in [0.05, 0.1) is 28.4 Å². The van der Waals surface area contributed by atoms with Crippen LogP contribution in [0.4, 0.5) is 11.4 Å². The number of hydrogen-bond donors (Lipinski definition) is 1. The van der Waals surface area contributed by atoms with Gasteiger partial charge in [0.1, 0.15) is 6.54 Å². The number of halogens is 2. The Hall–Kier alpha value is -3.07. The number of nitrogens with zero attached hydrogens (tertiary/aromatic N) is 1. The molecule has 3 rings (SSSR count). The second-order valence-corrected chi connectivity index (χ2v) is 9.49. The van der Waals surface area contributed by atoms with Crippen molar-refractivity contribution in [3.05, 3.63) is 88.4 Å². The normalized spacial score (nSPS) is 11.0. The van der Waals surface area contributed by atoms with Crippen molar-refractivity contribution >= 4 is 56.5 Å². The molecule has 1 amide bonds. The average molecular weight is 507 g/mol. The molecule has 10 heteroatoms. The molecule has 3 aromatic carbocycles. The van der Waals surface area contributed by atoms with Crippen LogP contribution < -0.4 is 9.62 Å². The molecule has 0 atom stereocenters. The SMILES string of the molecule is CCOC(=O)c1ccccc1NC(=O)CN(c1cccc(Cl)c1)S(=O)(=O)c1ccc(Cl)cc1. The minimum Gasteiger partial charge on any atom is -0.462 e. The number of benzene rings is 3. The molecule has 0 bridgehead atoms. The summed E-state index contributed by atoms with van der Waals surface area (Å²) in [7, 11) is -4.15. The number of carbonyl (C=O) groups excluding carboxylic acids is 2. The largest absolute Gasteiger partial charge is 0.462 e. The van der Waals surface area contributed by atoms with E-state index in [1.165, 1.54) is 48.5 Å². The van der Waals surface area contributed by atoms with Crippen LogP contribution in [0.2, 0.25) is 10.0 Å². The number of ether oxygens (including phenoxy) is 1. The molecule has 0 saturated carbocycles. The van der Waals surface area contributed by atoms with Crippen LogP contribution in [0.3, 0.4) is 0 Å². The zero-order chi connectivity index (χ0) is 24.0. The van der Waals surface area contributed by atoms with Crippen LogP contribution in [-0.4, -0.2) is 33.4 Å². The summed E-state index contributed by atoms with van der Waals surface area (Å²) in [5, 5.41) is 3.27. The molecule has 0 unspecified atom stereocenters. The van der Waals surface area contributed by atoms with Crippen LogP contribution in [0, 0.1) is 0 Å². The molecule has 33 heavy (non-hydrogen) atoms. The summed E-state index contributed by atoms with van der Waals surface area (Å²) in [4.78, 5) is 25.1. The van der Waals surface area contributed by atoms with E-state index in [2.05, 4.69) is 5.32 Å². The number of nitrogens with one attached hydrogen (secondary N) is 1. The van der Waals surface area contributed by atoms with Gasteiger partial charge >= 0.3 is 5.97 Å². The Morgan fingerprint density at radius 2 is 1.64 bits per heavy atom. The minimum atomic E-state index is -4.15. The standard InChI is InChI=1S/C23H20Cl2N2O5S/c1-2-32-23(29)20-8-3-4-9-21(20)26-22(28)15-27(18-7-5-6-17(25)14-18)33(30,31)19-12-10-16(24)11-13-19/h3-14H,2,15H2,1H3,(H,26,28). The van der Waals surface area contributed by atoms with Gasteiger partial charge in [0.15, 0.2) is 0 Å². The van der Waals surface area contributed by atoms with Crippen LogP contribution in [0.5, 0.6) is 0 Å². The van der Waals surface area contributed by atoms with Crippen molar-refractivity contribution in [3.8, 4) is 0 Å². The van der Waals surface area contributed by atoms with E-state index in [9.17, 15) is 18.0 Å². The van der Waals surface area contributed by atoms with E-state index in [1.807, 2.05) is 0 Å². The Balaban J connectivity index is 1.94. The van der Waals surface area contributed by atoms with Crippen LogP contribution in [-0.2, 0) is 19.6 Å². The maximum Gasteiger partial charge on any atom is 0.340 e. The average Bonchev–Trinajstić information content (AvgIpc) is 2.78. The molecule has 0 spiro atoms. The number of sulfonamides is 1. The lowest BCUT2D eigenvalue weighted by Crippen LogP contribution is -2.38. The van der Waals surface area contributed by atoms with E-state index in [0.29, 0.717) is 10.0 Å². The van der Waals surface area contributed by atoms with E-state index in [0.717, 1.165) is 4.31 Å². The topological polar surface area (TPSA) is 92.8 Å². The lowest BCUT2D eigenvalue weighted by Gasteiger charge is -2.24. The molecule has 1 N–H and O–H groups in total. The Labute approximate surface area is 201 Å². The summed E-state index contributed by atoms with van der Waals surface area (Å²) in [6.45, 7) is 1.27. The second-order valence-electron chi connectivity index (χ2n) is 6.76. The first-order valence-corrected chi connectivity index (χ1v) is 12.0. The number of hydrogen-bond acceptors (Lipinski definition) is 5. The van der Waals surface area contributed by atoms with Crippen molar-refractivity contribution in [2.75, 3.05) is 22.8 Å². The molecule has 172 valence electrons. The fourth-order valence-electron chi connectivity index (χ4n) is 2.98. The van der Waals surface area contributed by atoms with E-state index in [4.69, 9.17) is 27.9 Å². The molecule has 0 aliphatic heterocycles. The highest BCUT2D eigenvalue weighted by molar-refractivity contribution is 7.92. The van der Waals surface area contributed by atoms with Crippen molar-refractivity contribution < 1.29 is 22.7 Å². The van der Waals surface area contributed by atoms with Crippen molar-refractivity contribution in [1.29, 1.82) is 0 Å². The van der Waals surface area contributed by atoms with Gasteiger partial charge in [-0.25, -0.2) is 13.2 Å². The van der Waals surface area contributed by atoms with Crippen LogP contribution >= 0.6 is 23.2 Å². The predicted molar refractivity (Wildman–Crippen MR) is 128 cm³/mol. The molecular weight excluding hydrogens is 487 g/mol. The Kier molecular flexibility index (Phi) is 7.97. The molecular formula is C23H20Cl2N2O5S. The first-order chi connectivity index (χ1) is 15.7. The molecule has 0 aliphatic carbocycles. The number of carbonyl (C=O) groups is 2. The molecule has 0 saturated heterocycles. The molecule has 0 radical (unpaired) electrons. The van der Waals surface area contributed by atoms with Crippen molar-refractivity contribution in [2.45, 2.75) is 11.8 Å². The van der Waals surface area contributed by atoms with Crippen LogP contribution in [0.1, 0.15) is 17.3 Å². The zero-order valence-corrected chi connectivity index (χ0v) is 19.8. The molecule has 0 aromatic heterocycles. The quantitative estimate of drug-likeness (QED) is 0.433. The highest BCUT2D eigenvalue weighted by atomic mass is 35.5. The Morgan fingerprint density at radius 1 is 0.939 bits per heavy atom. The zero-order valence-electron chi connectivity index (χ0n) is 17.5. The van der Waals surface area contributed by atoms with Gasteiger partial charge in [-0.15, -0.1) is 0 Å². The predicted octanol–water partition coefficient (Wildman–Crippen LogP) is 5.00. The Bertz CT molecular complexity index is 1260. The van der Waals surface area contributed by atoms with Crippen LogP contribution in [0.15, 0.2) is 77.7 Å². The smallest absolute Gasteiger partial charge is 0.340 e. The molecule has 0 heterocycles. The maximum absolute atomic E-state index is 13.4. The first kappa shape index (κ1) is 24.6. The lowest BCUT2D eigenvalue weighted by atomic mass is 10.2. The highest BCUT2D eigenvalue weighted by Gasteiger charge is 2.28. The van der Waals surface area contributed by atoms with E-state index in [-0.39, 0.29) is 28.4 Å². The molecule has 0 aliphatic rings. The summed E-state index contributed by atoms with van der Waals surface area (Å²) in [6, 6.07) is 18.0. The van der Waals surface area contributed by atoms with Gasteiger partial charge in [-0.05, 0) is 61.5 Å². The highest BCUT2D eigenvalue weighted by Crippen LogP contribution is 2.27. The van der Waals surface area contributed by atoms with Gasteiger partial charge in [0.2, 0.25) is 5.91 Å². The van der Waals surface area contributed by atoms with Crippen molar-refractivity contribution in [3.63, 3.8) is 0 Å². The number of esters is 1. The second kappa shape index (κ2) is 10.7. The molecule has 3 aromatic rings. The molecule has 0 fully saturated rings. The maximum atomic E-state index is 13.4. The number of amides is 1. The third-order valence-corrected chi connectivity index (χ3v) is 6.76. The van der Waals surface area contributed by atoms with E-state index in [1.54, 1.807) is 31.2 Å². The molecule has 7 nitrogen and oxygen atoms in total. The number of anilines is 2. The fourth-order valence-corrected chi connectivity index (χ4v) is 4.70. The summed E-state index contributed by atoms with van der Waals surface area (Å²) >= 11 is 12.0. The first-order valence-electron chi connectivity index (χ1n) is 9.82. The van der Waals surface area contributed by atoms with Gasteiger partial charge < -0.3 is 10.1 Å². The van der Waals surface area contributed by atoms with Crippen molar-refractivity contribution in [1.82, 2.24) is 0 Å². The van der Waals surface area contributed by atoms with Crippen molar-refractivity contribution in [2.24, 2.45) is 0 Å².